The summed E-state index contributed by atoms with van der Waals surface area (Å²) in [5, 5.41) is 5.68. The van der Waals surface area contributed by atoms with Gasteiger partial charge in [-0.25, -0.2) is 0 Å². The largest absolute Gasteiger partial charge is 0.481 e. The van der Waals surface area contributed by atoms with Gasteiger partial charge in [0.2, 0.25) is 0 Å². The number of carbonyl (C=O) groups is 2. The molecule has 2 aromatic carbocycles. The number of carbonyl (C=O) groups excluding carboxylic acids is 2. The van der Waals surface area contributed by atoms with Crippen LogP contribution in [0.1, 0.15) is 48.2 Å². The lowest BCUT2D eigenvalue weighted by molar-refractivity contribution is -0.122. The molecule has 2 rings (SSSR count). The third-order valence-corrected chi connectivity index (χ3v) is 4.39. The number of hydrogen-bond acceptors (Lipinski definition) is 3. The minimum Gasteiger partial charge on any atom is -0.481 e. The zero-order chi connectivity index (χ0) is 19.8. The van der Waals surface area contributed by atoms with Crippen LogP contribution in [0, 0.1) is 13.8 Å². The molecular formula is C22H28N2O3. The number of anilines is 1. The van der Waals surface area contributed by atoms with Crippen molar-refractivity contribution in [3.05, 3.63) is 59.2 Å². The minimum absolute atomic E-state index is 0.198. The summed E-state index contributed by atoms with van der Waals surface area (Å²) in [4.78, 5) is 25.0. The summed E-state index contributed by atoms with van der Waals surface area (Å²) in [7, 11) is 0. The number of hydrogen-bond donors (Lipinski definition) is 2. The van der Waals surface area contributed by atoms with Gasteiger partial charge < -0.3 is 15.4 Å². The highest BCUT2D eigenvalue weighted by Gasteiger charge is 2.21. The van der Waals surface area contributed by atoms with Gasteiger partial charge in [-0.3, -0.25) is 9.59 Å². The molecule has 0 unspecified atom stereocenters. The maximum atomic E-state index is 12.7. The highest BCUT2D eigenvalue weighted by Crippen LogP contribution is 2.20. The highest BCUT2D eigenvalue weighted by atomic mass is 16.5. The standard InChI is InChI=1S/C22H28N2O3/c1-5-13-23-21(25)18-9-7-8-10-19(18)24-22(26)20(6-2)27-17-12-11-15(3)16(4)14-17/h7-12,14,20H,5-6,13H2,1-4H3,(H,23,25)(H,24,26)/t20-/m1/s1. The summed E-state index contributed by atoms with van der Waals surface area (Å²) in [5.41, 5.74) is 3.21. The molecule has 0 aromatic heterocycles. The smallest absolute Gasteiger partial charge is 0.265 e. The topological polar surface area (TPSA) is 67.4 Å². The van der Waals surface area contributed by atoms with Crippen molar-refractivity contribution >= 4 is 17.5 Å². The second-order valence-electron chi connectivity index (χ2n) is 6.55. The normalized spacial score (nSPS) is 11.6. The van der Waals surface area contributed by atoms with Crippen LogP contribution in [-0.2, 0) is 4.79 Å². The lowest BCUT2D eigenvalue weighted by Gasteiger charge is -2.19. The molecule has 5 nitrogen and oxygen atoms in total. The lowest BCUT2D eigenvalue weighted by atomic mass is 10.1. The van der Waals surface area contributed by atoms with E-state index in [0.717, 1.165) is 12.0 Å². The molecule has 0 aliphatic rings. The highest BCUT2D eigenvalue weighted by molar-refractivity contribution is 6.04. The lowest BCUT2D eigenvalue weighted by Crippen LogP contribution is -2.33. The third kappa shape index (κ3) is 5.58. The van der Waals surface area contributed by atoms with E-state index in [-0.39, 0.29) is 11.8 Å². The molecule has 27 heavy (non-hydrogen) atoms. The van der Waals surface area contributed by atoms with Crippen LogP contribution < -0.4 is 15.4 Å². The summed E-state index contributed by atoms with van der Waals surface area (Å²) in [6, 6.07) is 12.8. The van der Waals surface area contributed by atoms with Crippen molar-refractivity contribution in [1.29, 1.82) is 0 Å². The van der Waals surface area contributed by atoms with Gasteiger partial charge in [0.1, 0.15) is 5.75 Å². The van der Waals surface area contributed by atoms with Crippen molar-refractivity contribution in [2.24, 2.45) is 0 Å². The van der Waals surface area contributed by atoms with Crippen molar-refractivity contribution in [3.63, 3.8) is 0 Å². The van der Waals surface area contributed by atoms with Gasteiger partial charge >= 0.3 is 0 Å². The molecule has 0 saturated carbocycles. The fourth-order valence-electron chi connectivity index (χ4n) is 2.61. The number of ether oxygens (including phenoxy) is 1. The number of nitrogens with one attached hydrogen (secondary N) is 2. The van der Waals surface area contributed by atoms with E-state index < -0.39 is 6.10 Å². The van der Waals surface area contributed by atoms with E-state index in [1.54, 1.807) is 24.3 Å². The van der Waals surface area contributed by atoms with Crippen LogP contribution in [0.5, 0.6) is 5.75 Å². The molecular weight excluding hydrogens is 340 g/mol. The van der Waals surface area contributed by atoms with E-state index >= 15 is 0 Å². The molecule has 0 spiro atoms. The Balaban J connectivity index is 2.12. The Morgan fingerprint density at radius 3 is 2.44 bits per heavy atom. The Hall–Kier alpha value is -2.82. The molecule has 0 heterocycles. The predicted octanol–water partition coefficient (Wildman–Crippen LogP) is 4.24. The first-order valence-electron chi connectivity index (χ1n) is 9.38. The first-order chi connectivity index (χ1) is 13.0. The minimum atomic E-state index is -0.640. The van der Waals surface area contributed by atoms with Crippen molar-refractivity contribution in [1.82, 2.24) is 5.32 Å². The van der Waals surface area contributed by atoms with Gasteiger partial charge in [-0.15, -0.1) is 0 Å². The van der Waals surface area contributed by atoms with Crippen LogP contribution in [0.3, 0.4) is 0 Å². The molecule has 0 radical (unpaired) electrons. The summed E-state index contributed by atoms with van der Waals surface area (Å²) >= 11 is 0. The Morgan fingerprint density at radius 1 is 1.04 bits per heavy atom. The summed E-state index contributed by atoms with van der Waals surface area (Å²) < 4.78 is 5.89. The van der Waals surface area contributed by atoms with E-state index in [1.807, 2.05) is 45.9 Å². The molecule has 144 valence electrons. The number of amides is 2. The average molecular weight is 368 g/mol. The molecule has 0 aliphatic carbocycles. The zero-order valence-electron chi connectivity index (χ0n) is 16.5. The molecule has 1 atom stereocenters. The van der Waals surface area contributed by atoms with Gasteiger partial charge in [-0.2, -0.15) is 0 Å². The first-order valence-corrected chi connectivity index (χ1v) is 9.38. The summed E-state index contributed by atoms with van der Waals surface area (Å²) in [6.45, 7) is 8.52. The predicted molar refractivity (Wildman–Crippen MR) is 108 cm³/mol. The number of benzene rings is 2. The maximum Gasteiger partial charge on any atom is 0.265 e. The molecule has 0 bridgehead atoms. The van der Waals surface area contributed by atoms with Crippen molar-refractivity contribution in [2.75, 3.05) is 11.9 Å². The van der Waals surface area contributed by atoms with Crippen LogP contribution >= 0.6 is 0 Å². The van der Waals surface area contributed by atoms with Crippen LogP contribution in [0.2, 0.25) is 0 Å². The van der Waals surface area contributed by atoms with Gasteiger partial charge in [0, 0.05) is 6.54 Å². The van der Waals surface area contributed by atoms with E-state index in [4.69, 9.17) is 4.74 Å². The van der Waals surface area contributed by atoms with E-state index in [2.05, 4.69) is 10.6 Å². The second kappa shape index (κ2) is 9.76. The Kier molecular flexibility index (Phi) is 7.41. The fourth-order valence-corrected chi connectivity index (χ4v) is 2.61. The zero-order valence-corrected chi connectivity index (χ0v) is 16.5. The van der Waals surface area contributed by atoms with Gasteiger partial charge in [0.15, 0.2) is 6.10 Å². The second-order valence-corrected chi connectivity index (χ2v) is 6.55. The molecule has 5 heteroatoms. The Labute approximate surface area is 161 Å². The molecule has 0 saturated heterocycles. The maximum absolute atomic E-state index is 12.7. The van der Waals surface area contributed by atoms with Gasteiger partial charge in [-0.1, -0.05) is 32.0 Å². The van der Waals surface area contributed by atoms with Gasteiger partial charge in [0.05, 0.1) is 11.3 Å². The van der Waals surface area contributed by atoms with E-state index in [9.17, 15) is 9.59 Å². The SMILES string of the molecule is CCCNC(=O)c1ccccc1NC(=O)[C@@H](CC)Oc1ccc(C)c(C)c1. The van der Waals surface area contributed by atoms with Crippen LogP contribution in [-0.4, -0.2) is 24.5 Å². The summed E-state index contributed by atoms with van der Waals surface area (Å²) in [5.74, 6) is 0.191. The average Bonchev–Trinajstić information content (AvgIpc) is 2.67. The Morgan fingerprint density at radius 2 is 1.78 bits per heavy atom. The molecule has 0 fully saturated rings. The number of para-hydroxylation sites is 1. The third-order valence-electron chi connectivity index (χ3n) is 4.39. The van der Waals surface area contributed by atoms with Crippen molar-refractivity contribution in [3.8, 4) is 5.75 Å². The van der Waals surface area contributed by atoms with Crippen LogP contribution in [0.15, 0.2) is 42.5 Å². The summed E-state index contributed by atoms with van der Waals surface area (Å²) in [6.07, 6.45) is 0.726. The first kappa shape index (κ1) is 20.5. The van der Waals surface area contributed by atoms with Crippen LogP contribution in [0.25, 0.3) is 0 Å². The fraction of sp³-hybridized carbons (Fsp3) is 0.364. The Bertz CT molecular complexity index is 802. The van der Waals surface area contributed by atoms with Crippen molar-refractivity contribution in [2.45, 2.75) is 46.6 Å². The van der Waals surface area contributed by atoms with E-state index in [0.29, 0.717) is 30.0 Å². The monoisotopic (exact) mass is 368 g/mol. The number of aryl methyl sites for hydroxylation is 2. The molecule has 2 amide bonds. The van der Waals surface area contributed by atoms with Crippen molar-refractivity contribution < 1.29 is 14.3 Å². The molecule has 2 aromatic rings. The quantitative estimate of drug-likeness (QED) is 0.732. The molecule has 0 aliphatic heterocycles. The molecule has 2 N–H and O–H groups in total. The van der Waals surface area contributed by atoms with Gasteiger partial charge in [-0.05, 0) is 62.1 Å². The number of rotatable bonds is 8. The van der Waals surface area contributed by atoms with E-state index in [1.165, 1.54) is 5.56 Å². The van der Waals surface area contributed by atoms with Gasteiger partial charge in [0.25, 0.3) is 11.8 Å². The van der Waals surface area contributed by atoms with Crippen LogP contribution in [0.4, 0.5) is 5.69 Å².